The van der Waals surface area contributed by atoms with Crippen molar-refractivity contribution in [2.75, 3.05) is 24.3 Å². The Balaban J connectivity index is 1.73. The minimum atomic E-state index is -3.60. The van der Waals surface area contributed by atoms with Crippen LogP contribution in [-0.2, 0) is 31.5 Å². The van der Waals surface area contributed by atoms with Gasteiger partial charge in [-0.25, -0.2) is 13.2 Å². The first-order valence-corrected chi connectivity index (χ1v) is 10.9. The Morgan fingerprint density at radius 2 is 1.96 bits per heavy atom. The van der Waals surface area contributed by atoms with Gasteiger partial charge in [0.25, 0.3) is 0 Å². The maximum absolute atomic E-state index is 12.6. The Morgan fingerprint density at radius 3 is 2.67 bits per heavy atom. The van der Waals surface area contributed by atoms with E-state index < -0.39 is 27.5 Å². The predicted octanol–water partition coefficient (Wildman–Crippen LogP) is 2.74. The zero-order valence-corrected chi connectivity index (χ0v) is 17.0. The molecule has 0 unspecified atom stereocenters. The van der Waals surface area contributed by atoms with E-state index in [0.717, 1.165) is 10.0 Å². The van der Waals surface area contributed by atoms with Crippen LogP contribution in [0.5, 0.6) is 0 Å². The molecule has 27 heavy (non-hydrogen) atoms. The Labute approximate surface area is 166 Å². The van der Waals surface area contributed by atoms with Crippen molar-refractivity contribution >= 4 is 43.3 Å². The van der Waals surface area contributed by atoms with Gasteiger partial charge in [-0.1, -0.05) is 28.1 Å². The molecular weight excluding hydrogens is 434 g/mol. The summed E-state index contributed by atoms with van der Waals surface area (Å²) in [6.07, 6.45) is 0.567. The highest BCUT2D eigenvalue weighted by molar-refractivity contribution is 9.10. The molecule has 0 spiro atoms. The molecule has 0 bridgehead atoms. The van der Waals surface area contributed by atoms with Crippen LogP contribution in [-0.4, -0.2) is 39.7 Å². The number of nitrogens with zero attached hydrogens (tertiary/aromatic N) is 1. The number of methoxy groups -OCH3 is 1. The number of fused-ring (bicyclic) bond motifs is 1. The lowest BCUT2D eigenvalue weighted by atomic mass is 10.1. The number of esters is 1. The molecule has 0 N–H and O–H groups in total. The van der Waals surface area contributed by atoms with E-state index in [0.29, 0.717) is 29.8 Å². The summed E-state index contributed by atoms with van der Waals surface area (Å²) in [5, 5.41) is 0. The van der Waals surface area contributed by atoms with E-state index >= 15 is 0 Å². The van der Waals surface area contributed by atoms with Crippen molar-refractivity contribution in [2.24, 2.45) is 0 Å². The molecule has 6 nitrogen and oxygen atoms in total. The minimum Gasteiger partial charge on any atom is -0.465 e. The van der Waals surface area contributed by atoms with Gasteiger partial charge in [-0.3, -0.25) is 4.79 Å². The van der Waals surface area contributed by atoms with Crippen molar-refractivity contribution in [2.45, 2.75) is 12.2 Å². The summed E-state index contributed by atoms with van der Waals surface area (Å²) in [4.78, 5) is 25.7. The SMILES string of the molecule is COC(=O)c1ccc2c(c1)CCN2C(=O)CS(=O)(=O)Cc1cccc(Br)c1. The maximum Gasteiger partial charge on any atom is 0.337 e. The molecule has 2 aromatic rings. The first kappa shape index (κ1) is 19.6. The Kier molecular flexibility index (Phi) is 5.67. The van der Waals surface area contributed by atoms with Crippen molar-refractivity contribution < 1.29 is 22.7 Å². The zero-order chi connectivity index (χ0) is 19.6. The molecule has 142 valence electrons. The van der Waals surface area contributed by atoms with Crippen molar-refractivity contribution in [3.05, 3.63) is 63.6 Å². The number of carbonyl (C=O) groups is 2. The van der Waals surface area contributed by atoms with Crippen LogP contribution >= 0.6 is 15.9 Å². The quantitative estimate of drug-likeness (QED) is 0.652. The summed E-state index contributed by atoms with van der Waals surface area (Å²) in [5.74, 6) is -1.66. The average molecular weight is 452 g/mol. The number of hydrogen-bond donors (Lipinski definition) is 0. The van der Waals surface area contributed by atoms with Gasteiger partial charge in [0.2, 0.25) is 5.91 Å². The van der Waals surface area contributed by atoms with E-state index in [1.807, 2.05) is 6.07 Å². The summed E-state index contributed by atoms with van der Waals surface area (Å²) in [6, 6.07) is 11.9. The van der Waals surface area contributed by atoms with Gasteiger partial charge in [0, 0.05) is 16.7 Å². The van der Waals surface area contributed by atoms with Crippen molar-refractivity contribution in [1.82, 2.24) is 0 Å². The smallest absolute Gasteiger partial charge is 0.337 e. The first-order chi connectivity index (χ1) is 12.8. The molecule has 1 aliphatic rings. The second-order valence-electron chi connectivity index (χ2n) is 6.29. The molecule has 0 aliphatic carbocycles. The van der Waals surface area contributed by atoms with Gasteiger partial charge < -0.3 is 9.64 Å². The van der Waals surface area contributed by atoms with E-state index in [1.165, 1.54) is 12.0 Å². The molecule has 1 heterocycles. The number of anilines is 1. The molecule has 2 aromatic carbocycles. The molecule has 1 amide bonds. The van der Waals surface area contributed by atoms with Crippen molar-refractivity contribution in [3.63, 3.8) is 0 Å². The van der Waals surface area contributed by atoms with Gasteiger partial charge in [0.15, 0.2) is 9.84 Å². The van der Waals surface area contributed by atoms with E-state index in [2.05, 4.69) is 15.9 Å². The molecule has 0 saturated heterocycles. The number of carbonyl (C=O) groups excluding carboxylic acids is 2. The standard InChI is InChI=1S/C19H18BrNO5S/c1-26-19(23)15-5-6-17-14(10-15)7-8-21(17)18(22)12-27(24,25)11-13-3-2-4-16(20)9-13/h2-6,9-10H,7-8,11-12H2,1H3. The van der Waals surface area contributed by atoms with Gasteiger partial charge in [0.05, 0.1) is 18.4 Å². The van der Waals surface area contributed by atoms with E-state index in [1.54, 1.807) is 36.4 Å². The Bertz CT molecular complexity index is 1000. The summed E-state index contributed by atoms with van der Waals surface area (Å²) in [5.41, 5.74) is 2.51. The summed E-state index contributed by atoms with van der Waals surface area (Å²) in [6.45, 7) is 0.394. The fourth-order valence-corrected chi connectivity index (χ4v) is 4.87. The highest BCUT2D eigenvalue weighted by Crippen LogP contribution is 2.29. The summed E-state index contributed by atoms with van der Waals surface area (Å²) < 4.78 is 30.4. The molecule has 0 fully saturated rings. The van der Waals surface area contributed by atoms with Gasteiger partial charge in [-0.2, -0.15) is 0 Å². The van der Waals surface area contributed by atoms with E-state index in [9.17, 15) is 18.0 Å². The number of sulfone groups is 1. The lowest BCUT2D eigenvalue weighted by Crippen LogP contribution is -2.34. The number of ether oxygens (including phenoxy) is 1. The molecular formula is C19H18BrNO5S. The lowest BCUT2D eigenvalue weighted by Gasteiger charge is -2.17. The van der Waals surface area contributed by atoms with Crippen LogP contribution in [0.2, 0.25) is 0 Å². The van der Waals surface area contributed by atoms with Crippen molar-refractivity contribution in [1.29, 1.82) is 0 Å². The minimum absolute atomic E-state index is 0.194. The molecule has 0 aromatic heterocycles. The van der Waals surface area contributed by atoms with Crippen LogP contribution in [0, 0.1) is 0 Å². The van der Waals surface area contributed by atoms with Gasteiger partial charge >= 0.3 is 5.97 Å². The fourth-order valence-electron chi connectivity index (χ4n) is 3.10. The fraction of sp³-hybridized carbons (Fsp3) is 0.263. The normalized spacial score (nSPS) is 13.3. The third kappa shape index (κ3) is 4.56. The molecule has 0 atom stereocenters. The van der Waals surface area contributed by atoms with Crippen LogP contribution in [0.1, 0.15) is 21.5 Å². The largest absolute Gasteiger partial charge is 0.465 e. The third-order valence-corrected chi connectivity index (χ3v) is 6.27. The number of amides is 1. The number of rotatable bonds is 5. The third-order valence-electron chi connectivity index (χ3n) is 4.32. The number of halogens is 1. The second-order valence-corrected chi connectivity index (χ2v) is 9.27. The zero-order valence-electron chi connectivity index (χ0n) is 14.6. The van der Waals surface area contributed by atoms with Gasteiger partial charge in [-0.05, 0) is 47.9 Å². The van der Waals surface area contributed by atoms with Crippen LogP contribution in [0.25, 0.3) is 0 Å². The molecule has 3 rings (SSSR count). The molecule has 0 radical (unpaired) electrons. The summed E-state index contributed by atoms with van der Waals surface area (Å²) in [7, 11) is -2.30. The van der Waals surface area contributed by atoms with Crippen LogP contribution < -0.4 is 4.90 Å². The first-order valence-electron chi connectivity index (χ1n) is 8.25. The Morgan fingerprint density at radius 1 is 1.19 bits per heavy atom. The van der Waals surface area contributed by atoms with Crippen LogP contribution in [0.3, 0.4) is 0 Å². The molecule has 1 aliphatic heterocycles. The van der Waals surface area contributed by atoms with Crippen LogP contribution in [0.4, 0.5) is 5.69 Å². The average Bonchev–Trinajstić information content (AvgIpc) is 3.03. The van der Waals surface area contributed by atoms with Gasteiger partial charge in [-0.15, -0.1) is 0 Å². The van der Waals surface area contributed by atoms with E-state index in [-0.39, 0.29) is 5.75 Å². The lowest BCUT2D eigenvalue weighted by molar-refractivity contribution is -0.116. The monoisotopic (exact) mass is 451 g/mol. The Hall–Kier alpha value is -2.19. The topological polar surface area (TPSA) is 80.8 Å². The maximum atomic E-state index is 12.6. The van der Waals surface area contributed by atoms with Crippen LogP contribution in [0.15, 0.2) is 46.9 Å². The predicted molar refractivity (Wildman–Crippen MR) is 105 cm³/mol. The van der Waals surface area contributed by atoms with Gasteiger partial charge in [0.1, 0.15) is 5.75 Å². The molecule has 0 saturated carbocycles. The highest BCUT2D eigenvalue weighted by atomic mass is 79.9. The molecule has 8 heteroatoms. The number of hydrogen-bond acceptors (Lipinski definition) is 5. The second kappa shape index (κ2) is 7.82. The van der Waals surface area contributed by atoms with Crippen molar-refractivity contribution in [3.8, 4) is 0 Å². The summed E-state index contributed by atoms with van der Waals surface area (Å²) >= 11 is 3.31. The van der Waals surface area contributed by atoms with E-state index in [4.69, 9.17) is 4.74 Å². The number of benzene rings is 2. The highest BCUT2D eigenvalue weighted by Gasteiger charge is 2.29.